The summed E-state index contributed by atoms with van der Waals surface area (Å²) < 4.78 is 0. The number of hydrogen-bond acceptors (Lipinski definition) is 3. The lowest BCUT2D eigenvalue weighted by Crippen LogP contribution is -2.33. The summed E-state index contributed by atoms with van der Waals surface area (Å²) in [5, 5.41) is 9.22. The fourth-order valence-corrected chi connectivity index (χ4v) is 1.98. The molecule has 54 valence electrons. The van der Waals surface area contributed by atoms with E-state index in [-0.39, 0.29) is 12.1 Å². The topological polar surface area (TPSA) is 46.2 Å². The highest BCUT2D eigenvalue weighted by Gasteiger charge is 2.16. The summed E-state index contributed by atoms with van der Waals surface area (Å²) in [7, 11) is 0. The third-order valence-electron chi connectivity index (χ3n) is 1.65. The number of aliphatic hydroxyl groups excluding tert-OH is 1. The van der Waals surface area contributed by atoms with Crippen LogP contribution in [0.2, 0.25) is 0 Å². The number of thioether (sulfide) groups is 1. The zero-order chi connectivity index (χ0) is 6.69. The van der Waals surface area contributed by atoms with Crippen LogP contribution in [-0.2, 0) is 0 Å². The van der Waals surface area contributed by atoms with Crippen molar-refractivity contribution in [3.63, 3.8) is 0 Å². The maximum atomic E-state index is 9.22. The van der Waals surface area contributed by atoms with Crippen molar-refractivity contribution in [2.24, 2.45) is 5.73 Å². The van der Waals surface area contributed by atoms with Gasteiger partial charge in [-0.25, -0.2) is 0 Å². The Morgan fingerprint density at radius 3 is 2.78 bits per heavy atom. The second-order valence-corrected chi connectivity index (χ2v) is 3.65. The summed E-state index contributed by atoms with van der Waals surface area (Å²) in [5.74, 6) is 2.17. The van der Waals surface area contributed by atoms with Gasteiger partial charge in [-0.15, -0.1) is 0 Å². The van der Waals surface area contributed by atoms with E-state index in [1.165, 1.54) is 0 Å². The van der Waals surface area contributed by atoms with E-state index in [0.29, 0.717) is 0 Å². The Balaban J connectivity index is 2.32. The SMILES string of the molecule is N[C@@H]1CCSCC[C@@H]1O. The lowest BCUT2D eigenvalue weighted by Gasteiger charge is -2.13. The van der Waals surface area contributed by atoms with Gasteiger partial charge in [0.15, 0.2) is 0 Å². The molecule has 0 amide bonds. The molecule has 3 N–H and O–H groups in total. The first-order chi connectivity index (χ1) is 4.30. The third-order valence-corrected chi connectivity index (χ3v) is 2.70. The van der Waals surface area contributed by atoms with Crippen LogP contribution in [0.15, 0.2) is 0 Å². The van der Waals surface area contributed by atoms with Crippen LogP contribution >= 0.6 is 11.8 Å². The summed E-state index contributed by atoms with van der Waals surface area (Å²) in [4.78, 5) is 0. The van der Waals surface area contributed by atoms with E-state index in [0.717, 1.165) is 24.3 Å². The molecule has 1 rings (SSSR count). The van der Waals surface area contributed by atoms with Crippen LogP contribution in [0.3, 0.4) is 0 Å². The minimum Gasteiger partial charge on any atom is -0.391 e. The van der Waals surface area contributed by atoms with E-state index in [1.54, 1.807) is 0 Å². The lowest BCUT2D eigenvalue weighted by molar-refractivity contribution is 0.142. The molecule has 0 radical (unpaired) electrons. The molecule has 2 atom stereocenters. The first-order valence-corrected chi connectivity index (χ1v) is 4.47. The van der Waals surface area contributed by atoms with E-state index in [4.69, 9.17) is 5.73 Å². The molecule has 0 aromatic heterocycles. The molecule has 0 aromatic rings. The van der Waals surface area contributed by atoms with E-state index in [2.05, 4.69) is 0 Å². The molecule has 0 unspecified atom stereocenters. The average molecular weight is 147 g/mol. The molecule has 3 heteroatoms. The molecule has 0 bridgehead atoms. The van der Waals surface area contributed by atoms with E-state index >= 15 is 0 Å². The molecule has 0 spiro atoms. The fourth-order valence-electron chi connectivity index (χ4n) is 0.932. The van der Waals surface area contributed by atoms with E-state index in [1.807, 2.05) is 11.8 Å². The van der Waals surface area contributed by atoms with Crippen molar-refractivity contribution < 1.29 is 5.11 Å². The Kier molecular flexibility index (Phi) is 2.82. The predicted molar refractivity (Wildman–Crippen MR) is 40.5 cm³/mol. The molecule has 1 aliphatic rings. The van der Waals surface area contributed by atoms with Gasteiger partial charge in [0, 0.05) is 6.04 Å². The Bertz CT molecular complexity index is 79.1. The fraction of sp³-hybridized carbons (Fsp3) is 1.00. The Morgan fingerprint density at radius 1 is 1.33 bits per heavy atom. The highest BCUT2D eigenvalue weighted by molar-refractivity contribution is 7.99. The summed E-state index contributed by atoms with van der Waals surface area (Å²) in [6, 6.07) is 0.0278. The highest BCUT2D eigenvalue weighted by Crippen LogP contribution is 2.15. The molecular weight excluding hydrogens is 134 g/mol. The largest absolute Gasteiger partial charge is 0.391 e. The van der Waals surface area contributed by atoms with Crippen LogP contribution in [0.25, 0.3) is 0 Å². The maximum Gasteiger partial charge on any atom is 0.0699 e. The Labute approximate surface area is 59.8 Å². The van der Waals surface area contributed by atoms with Crippen LogP contribution in [-0.4, -0.2) is 28.8 Å². The molecule has 1 heterocycles. The van der Waals surface area contributed by atoms with Crippen LogP contribution in [0, 0.1) is 0 Å². The second kappa shape index (κ2) is 3.44. The van der Waals surface area contributed by atoms with Gasteiger partial charge in [-0.3, -0.25) is 0 Å². The summed E-state index contributed by atoms with van der Waals surface area (Å²) in [6.07, 6.45) is 1.58. The number of rotatable bonds is 0. The minimum absolute atomic E-state index is 0.0278. The van der Waals surface area contributed by atoms with Crippen molar-refractivity contribution in [1.82, 2.24) is 0 Å². The van der Waals surface area contributed by atoms with Gasteiger partial charge in [0.2, 0.25) is 0 Å². The summed E-state index contributed by atoms with van der Waals surface area (Å²) in [6.45, 7) is 0. The number of nitrogens with two attached hydrogens (primary N) is 1. The van der Waals surface area contributed by atoms with E-state index < -0.39 is 0 Å². The Hall–Kier alpha value is 0.270. The van der Waals surface area contributed by atoms with Crippen molar-refractivity contribution in [3.05, 3.63) is 0 Å². The molecule has 0 aromatic carbocycles. The average Bonchev–Trinajstić information content (AvgIpc) is 1.99. The van der Waals surface area contributed by atoms with Gasteiger partial charge in [0.1, 0.15) is 0 Å². The van der Waals surface area contributed by atoms with Gasteiger partial charge in [-0.2, -0.15) is 11.8 Å². The molecule has 0 aliphatic carbocycles. The van der Waals surface area contributed by atoms with Gasteiger partial charge >= 0.3 is 0 Å². The van der Waals surface area contributed by atoms with Crippen molar-refractivity contribution >= 4 is 11.8 Å². The first kappa shape index (κ1) is 7.38. The maximum absolute atomic E-state index is 9.22. The van der Waals surface area contributed by atoms with Crippen molar-refractivity contribution in [1.29, 1.82) is 0 Å². The van der Waals surface area contributed by atoms with Gasteiger partial charge in [0.25, 0.3) is 0 Å². The lowest BCUT2D eigenvalue weighted by atomic mass is 10.1. The van der Waals surface area contributed by atoms with Crippen LogP contribution in [0.1, 0.15) is 12.8 Å². The molecular formula is C6H13NOS. The smallest absolute Gasteiger partial charge is 0.0699 e. The van der Waals surface area contributed by atoms with Crippen molar-refractivity contribution in [2.45, 2.75) is 25.0 Å². The summed E-state index contributed by atoms with van der Waals surface area (Å²) >= 11 is 1.88. The molecule has 1 aliphatic heterocycles. The molecule has 1 fully saturated rings. The molecule has 1 saturated heterocycles. The number of hydrogen-bond donors (Lipinski definition) is 2. The minimum atomic E-state index is -0.250. The second-order valence-electron chi connectivity index (χ2n) is 2.42. The van der Waals surface area contributed by atoms with Gasteiger partial charge in [-0.1, -0.05) is 0 Å². The molecule has 9 heavy (non-hydrogen) atoms. The van der Waals surface area contributed by atoms with Crippen LogP contribution in [0.5, 0.6) is 0 Å². The quantitative estimate of drug-likeness (QED) is 0.514. The predicted octanol–water partition coefficient (Wildman–Crippen LogP) is 0.202. The van der Waals surface area contributed by atoms with Crippen LogP contribution in [0.4, 0.5) is 0 Å². The summed E-state index contributed by atoms with van der Waals surface area (Å²) in [5.41, 5.74) is 5.61. The Morgan fingerprint density at radius 2 is 2.00 bits per heavy atom. The zero-order valence-corrected chi connectivity index (χ0v) is 6.23. The standard InChI is InChI=1S/C6H13NOS/c7-5-1-3-9-4-2-6(5)8/h5-6,8H,1-4,7H2/t5-,6+/m1/s1. The van der Waals surface area contributed by atoms with Crippen LogP contribution < -0.4 is 5.73 Å². The number of aliphatic hydroxyl groups is 1. The zero-order valence-electron chi connectivity index (χ0n) is 5.42. The highest BCUT2D eigenvalue weighted by atomic mass is 32.2. The van der Waals surface area contributed by atoms with Crippen molar-refractivity contribution in [2.75, 3.05) is 11.5 Å². The monoisotopic (exact) mass is 147 g/mol. The van der Waals surface area contributed by atoms with Gasteiger partial charge in [0.05, 0.1) is 6.10 Å². The first-order valence-electron chi connectivity index (χ1n) is 3.32. The third kappa shape index (κ3) is 2.16. The molecule has 2 nitrogen and oxygen atoms in total. The normalized spacial score (nSPS) is 38.0. The van der Waals surface area contributed by atoms with Gasteiger partial charge in [-0.05, 0) is 24.3 Å². The van der Waals surface area contributed by atoms with E-state index in [9.17, 15) is 5.11 Å². The van der Waals surface area contributed by atoms with Gasteiger partial charge < -0.3 is 10.8 Å². The molecule has 0 saturated carbocycles. The van der Waals surface area contributed by atoms with Crippen molar-refractivity contribution in [3.8, 4) is 0 Å².